The lowest BCUT2D eigenvalue weighted by Gasteiger charge is -2.33. The van der Waals surface area contributed by atoms with Gasteiger partial charge in [0, 0.05) is 38.5 Å². The second-order valence-electron chi connectivity index (χ2n) is 7.26. The molecule has 0 aliphatic carbocycles. The van der Waals surface area contributed by atoms with E-state index in [1.807, 2.05) is 41.0 Å². The van der Waals surface area contributed by atoms with E-state index in [9.17, 15) is 9.59 Å². The van der Waals surface area contributed by atoms with Crippen molar-refractivity contribution in [3.05, 3.63) is 29.8 Å². The van der Waals surface area contributed by atoms with Crippen LogP contribution in [0.25, 0.3) is 0 Å². The average Bonchev–Trinajstić information content (AvgIpc) is 3.22. The van der Waals surface area contributed by atoms with Gasteiger partial charge in [-0.1, -0.05) is 12.1 Å². The maximum Gasteiger partial charge on any atom is 0.225 e. The van der Waals surface area contributed by atoms with Gasteiger partial charge in [-0.05, 0) is 56.7 Å². The van der Waals surface area contributed by atoms with E-state index in [1.54, 1.807) is 0 Å². The van der Waals surface area contributed by atoms with Crippen molar-refractivity contribution in [2.75, 3.05) is 32.8 Å². The third kappa shape index (κ3) is 4.77. The Labute approximate surface area is 156 Å². The van der Waals surface area contributed by atoms with Crippen LogP contribution >= 0.6 is 0 Å². The Morgan fingerprint density at radius 3 is 2.27 bits per heavy atom. The number of carbonyl (C=O) groups is 2. The van der Waals surface area contributed by atoms with Gasteiger partial charge < -0.3 is 14.5 Å². The van der Waals surface area contributed by atoms with Crippen molar-refractivity contribution in [3.8, 4) is 5.75 Å². The van der Waals surface area contributed by atoms with Crippen LogP contribution in [0.15, 0.2) is 24.3 Å². The van der Waals surface area contributed by atoms with Crippen LogP contribution in [-0.4, -0.2) is 54.4 Å². The molecule has 0 spiro atoms. The SMILES string of the molecule is CCOc1ccc(CCC(=O)N2CCC(C(=O)N3CCCC3)CC2)cc1. The number of hydrogen-bond donors (Lipinski definition) is 0. The van der Waals surface area contributed by atoms with Crippen molar-refractivity contribution in [2.45, 2.75) is 45.4 Å². The third-order valence-electron chi connectivity index (χ3n) is 5.48. The van der Waals surface area contributed by atoms with E-state index in [4.69, 9.17) is 4.74 Å². The smallest absolute Gasteiger partial charge is 0.225 e. The second kappa shape index (κ2) is 9.06. The molecule has 5 heteroatoms. The third-order valence-corrected chi connectivity index (χ3v) is 5.48. The maximum atomic E-state index is 12.5. The topological polar surface area (TPSA) is 49.9 Å². The molecule has 2 heterocycles. The highest BCUT2D eigenvalue weighted by atomic mass is 16.5. The van der Waals surface area contributed by atoms with Gasteiger partial charge >= 0.3 is 0 Å². The average molecular weight is 358 g/mol. The van der Waals surface area contributed by atoms with E-state index in [0.29, 0.717) is 32.0 Å². The first-order chi connectivity index (χ1) is 12.7. The normalized spacial score (nSPS) is 18.2. The fourth-order valence-corrected chi connectivity index (χ4v) is 3.90. The number of amides is 2. The zero-order valence-electron chi connectivity index (χ0n) is 15.8. The summed E-state index contributed by atoms with van der Waals surface area (Å²) in [6.45, 7) is 5.89. The minimum absolute atomic E-state index is 0.114. The number of piperidine rings is 1. The van der Waals surface area contributed by atoms with Crippen LogP contribution in [-0.2, 0) is 16.0 Å². The first kappa shape index (κ1) is 18.7. The molecule has 26 heavy (non-hydrogen) atoms. The second-order valence-corrected chi connectivity index (χ2v) is 7.26. The van der Waals surface area contributed by atoms with Crippen molar-refractivity contribution in [2.24, 2.45) is 5.92 Å². The molecule has 0 saturated carbocycles. The molecular weight excluding hydrogens is 328 g/mol. The highest BCUT2D eigenvalue weighted by molar-refractivity contribution is 5.80. The van der Waals surface area contributed by atoms with Gasteiger partial charge in [0.15, 0.2) is 0 Å². The first-order valence-electron chi connectivity index (χ1n) is 9.95. The van der Waals surface area contributed by atoms with Crippen LogP contribution in [0.2, 0.25) is 0 Å². The molecule has 0 N–H and O–H groups in total. The highest BCUT2D eigenvalue weighted by Crippen LogP contribution is 2.23. The molecule has 142 valence electrons. The summed E-state index contributed by atoms with van der Waals surface area (Å²) in [5.74, 6) is 1.49. The van der Waals surface area contributed by atoms with Gasteiger partial charge in [-0.25, -0.2) is 0 Å². The predicted molar refractivity (Wildman–Crippen MR) is 101 cm³/mol. The van der Waals surface area contributed by atoms with Crippen LogP contribution in [0.3, 0.4) is 0 Å². The van der Waals surface area contributed by atoms with E-state index in [0.717, 1.165) is 56.5 Å². The predicted octanol–water partition coefficient (Wildman–Crippen LogP) is 2.88. The summed E-state index contributed by atoms with van der Waals surface area (Å²) in [5, 5.41) is 0. The van der Waals surface area contributed by atoms with E-state index >= 15 is 0 Å². The number of aryl methyl sites for hydroxylation is 1. The summed E-state index contributed by atoms with van der Waals surface area (Å²) in [4.78, 5) is 28.9. The van der Waals surface area contributed by atoms with Crippen LogP contribution in [0.1, 0.15) is 44.6 Å². The zero-order chi connectivity index (χ0) is 18.4. The molecule has 1 aromatic rings. The summed E-state index contributed by atoms with van der Waals surface area (Å²) < 4.78 is 5.44. The Bertz CT molecular complexity index is 600. The minimum Gasteiger partial charge on any atom is -0.494 e. The van der Waals surface area contributed by atoms with Crippen LogP contribution in [0.4, 0.5) is 0 Å². The number of likely N-dealkylation sites (tertiary alicyclic amines) is 2. The van der Waals surface area contributed by atoms with Gasteiger partial charge in [0.1, 0.15) is 5.75 Å². The van der Waals surface area contributed by atoms with E-state index < -0.39 is 0 Å². The van der Waals surface area contributed by atoms with Gasteiger partial charge in [-0.15, -0.1) is 0 Å². The van der Waals surface area contributed by atoms with E-state index in [2.05, 4.69) is 0 Å². The molecule has 0 bridgehead atoms. The fourth-order valence-electron chi connectivity index (χ4n) is 3.90. The Hall–Kier alpha value is -2.04. The lowest BCUT2D eigenvalue weighted by molar-refractivity contribution is -0.140. The van der Waals surface area contributed by atoms with Crippen molar-refractivity contribution in [3.63, 3.8) is 0 Å². The fraction of sp³-hybridized carbons (Fsp3) is 0.619. The summed E-state index contributed by atoms with van der Waals surface area (Å²) in [5.41, 5.74) is 1.15. The van der Waals surface area contributed by atoms with Gasteiger partial charge in [0.2, 0.25) is 11.8 Å². The Balaban J connectivity index is 1.41. The van der Waals surface area contributed by atoms with Crippen LogP contribution < -0.4 is 4.74 Å². The maximum absolute atomic E-state index is 12.5. The van der Waals surface area contributed by atoms with Crippen LogP contribution in [0, 0.1) is 5.92 Å². The van der Waals surface area contributed by atoms with Gasteiger partial charge in [0.25, 0.3) is 0 Å². The van der Waals surface area contributed by atoms with Crippen molar-refractivity contribution in [1.29, 1.82) is 0 Å². The number of rotatable bonds is 6. The first-order valence-corrected chi connectivity index (χ1v) is 9.95. The Morgan fingerprint density at radius 2 is 1.65 bits per heavy atom. The highest BCUT2D eigenvalue weighted by Gasteiger charge is 2.30. The summed E-state index contributed by atoms with van der Waals surface area (Å²) in [6.07, 6.45) is 5.16. The lowest BCUT2D eigenvalue weighted by atomic mass is 9.95. The van der Waals surface area contributed by atoms with Gasteiger partial charge in [-0.3, -0.25) is 9.59 Å². The molecule has 2 aliphatic rings. The van der Waals surface area contributed by atoms with Crippen LogP contribution in [0.5, 0.6) is 5.75 Å². The number of ether oxygens (including phenoxy) is 1. The summed E-state index contributed by atoms with van der Waals surface area (Å²) in [6, 6.07) is 7.97. The zero-order valence-corrected chi connectivity index (χ0v) is 15.8. The Morgan fingerprint density at radius 1 is 1.00 bits per heavy atom. The number of benzene rings is 1. The van der Waals surface area contributed by atoms with E-state index in [1.165, 1.54) is 0 Å². The van der Waals surface area contributed by atoms with Gasteiger partial charge in [0.05, 0.1) is 6.61 Å². The van der Waals surface area contributed by atoms with Crippen molar-refractivity contribution >= 4 is 11.8 Å². The van der Waals surface area contributed by atoms with E-state index in [-0.39, 0.29) is 11.8 Å². The lowest BCUT2D eigenvalue weighted by Crippen LogP contribution is -2.43. The van der Waals surface area contributed by atoms with Crippen molar-refractivity contribution < 1.29 is 14.3 Å². The minimum atomic E-state index is 0.114. The standard InChI is InChI=1S/C21H30N2O3/c1-2-26-19-8-5-17(6-9-19)7-10-20(24)22-15-11-18(12-16-22)21(25)23-13-3-4-14-23/h5-6,8-9,18H,2-4,7,10-16H2,1H3. The molecular formula is C21H30N2O3. The molecule has 3 rings (SSSR count). The molecule has 5 nitrogen and oxygen atoms in total. The van der Waals surface area contributed by atoms with Crippen molar-refractivity contribution in [1.82, 2.24) is 9.80 Å². The largest absolute Gasteiger partial charge is 0.494 e. The molecule has 2 amide bonds. The molecule has 2 aliphatic heterocycles. The van der Waals surface area contributed by atoms with Gasteiger partial charge in [-0.2, -0.15) is 0 Å². The molecule has 0 unspecified atom stereocenters. The number of nitrogens with zero attached hydrogens (tertiary/aromatic N) is 2. The molecule has 0 aromatic heterocycles. The molecule has 0 atom stereocenters. The molecule has 2 saturated heterocycles. The Kier molecular flexibility index (Phi) is 6.53. The number of hydrogen-bond acceptors (Lipinski definition) is 3. The number of carbonyl (C=O) groups excluding carboxylic acids is 2. The monoisotopic (exact) mass is 358 g/mol. The molecule has 0 radical (unpaired) electrons. The molecule has 1 aromatic carbocycles. The summed E-state index contributed by atoms with van der Waals surface area (Å²) >= 11 is 0. The summed E-state index contributed by atoms with van der Waals surface area (Å²) in [7, 11) is 0. The quantitative estimate of drug-likeness (QED) is 0.786. The molecule has 2 fully saturated rings.